The topological polar surface area (TPSA) is 160 Å². The molecular formula is C11H15N5O5. The number of aromatic amines is 1. The number of nitrogens with zero attached hydrogens (tertiary/aromatic N) is 3. The van der Waals surface area contributed by atoms with Gasteiger partial charge in [0.15, 0.2) is 17.4 Å². The maximum absolute atomic E-state index is 11.7. The van der Waals surface area contributed by atoms with Crippen LogP contribution in [-0.4, -0.2) is 60.3 Å². The molecule has 1 aliphatic rings. The largest absolute Gasteiger partial charge is 0.396 e. The molecule has 21 heavy (non-hydrogen) atoms. The fourth-order valence-electron chi connectivity index (χ4n) is 2.56. The Morgan fingerprint density at radius 3 is 2.81 bits per heavy atom. The minimum atomic E-state index is -1.08. The van der Waals surface area contributed by atoms with Crippen molar-refractivity contribution in [1.29, 1.82) is 0 Å². The maximum Gasteiger partial charge on any atom is 0.280 e. The number of aliphatic hydroxyl groups excluding tert-OH is 3. The fourth-order valence-corrected chi connectivity index (χ4v) is 2.56. The second-order valence-corrected chi connectivity index (χ2v) is 4.86. The van der Waals surface area contributed by atoms with Crippen LogP contribution in [0.25, 0.3) is 11.2 Å². The molecular weight excluding hydrogens is 282 g/mol. The standard InChI is InChI=1S/C11H15N5O5/c12-11-14-8-6(9(20)15-11)13-3-16(8)10-7(19)4(1-17)5(2-18)21-10/h3-5,7,10,17-19H,1-2H2,(H3,12,14,15,20). The molecule has 0 bridgehead atoms. The molecule has 2 aromatic rings. The molecule has 10 nitrogen and oxygen atoms in total. The smallest absolute Gasteiger partial charge is 0.280 e. The van der Waals surface area contributed by atoms with Gasteiger partial charge in [0.25, 0.3) is 5.56 Å². The Hall–Kier alpha value is -2.01. The lowest BCUT2D eigenvalue weighted by Crippen LogP contribution is -2.30. The summed E-state index contributed by atoms with van der Waals surface area (Å²) < 4.78 is 6.89. The molecule has 114 valence electrons. The third-order valence-corrected chi connectivity index (χ3v) is 3.64. The van der Waals surface area contributed by atoms with E-state index in [0.29, 0.717) is 0 Å². The predicted octanol–water partition coefficient (Wildman–Crippen LogP) is -2.44. The van der Waals surface area contributed by atoms with Crippen molar-refractivity contribution in [2.75, 3.05) is 18.9 Å². The van der Waals surface area contributed by atoms with Crippen LogP contribution in [0.1, 0.15) is 6.23 Å². The summed E-state index contributed by atoms with van der Waals surface area (Å²) >= 11 is 0. The molecule has 2 aromatic heterocycles. The molecule has 0 radical (unpaired) electrons. The van der Waals surface area contributed by atoms with E-state index in [4.69, 9.17) is 10.5 Å². The van der Waals surface area contributed by atoms with Crippen molar-refractivity contribution in [3.8, 4) is 0 Å². The first-order chi connectivity index (χ1) is 10.1. The van der Waals surface area contributed by atoms with E-state index in [0.717, 1.165) is 0 Å². The number of fused-ring (bicyclic) bond motifs is 1. The number of ether oxygens (including phenoxy) is 1. The minimum Gasteiger partial charge on any atom is -0.396 e. The van der Waals surface area contributed by atoms with Crippen molar-refractivity contribution < 1.29 is 20.1 Å². The number of nitrogen functional groups attached to an aromatic ring is 1. The van der Waals surface area contributed by atoms with Gasteiger partial charge in [0.2, 0.25) is 5.95 Å². The number of nitrogens with one attached hydrogen (secondary N) is 1. The molecule has 0 saturated carbocycles. The van der Waals surface area contributed by atoms with Gasteiger partial charge in [0.1, 0.15) is 6.10 Å². The molecule has 3 rings (SSSR count). The van der Waals surface area contributed by atoms with Crippen molar-refractivity contribution in [2.24, 2.45) is 5.92 Å². The lowest BCUT2D eigenvalue weighted by atomic mass is 9.99. The van der Waals surface area contributed by atoms with Crippen LogP contribution >= 0.6 is 0 Å². The Balaban J connectivity index is 2.07. The molecule has 3 heterocycles. The predicted molar refractivity (Wildman–Crippen MR) is 70.1 cm³/mol. The summed E-state index contributed by atoms with van der Waals surface area (Å²) in [6, 6.07) is 0. The quantitative estimate of drug-likeness (QED) is 0.417. The van der Waals surface area contributed by atoms with Gasteiger partial charge >= 0.3 is 0 Å². The van der Waals surface area contributed by atoms with Gasteiger partial charge in [-0.3, -0.25) is 14.3 Å². The number of anilines is 1. The van der Waals surface area contributed by atoms with Crippen molar-refractivity contribution in [3.05, 3.63) is 16.7 Å². The first-order valence-corrected chi connectivity index (χ1v) is 6.34. The number of hydrogen-bond donors (Lipinski definition) is 5. The fraction of sp³-hybridized carbons (Fsp3) is 0.545. The third-order valence-electron chi connectivity index (χ3n) is 3.64. The van der Waals surface area contributed by atoms with Gasteiger partial charge in [0, 0.05) is 5.92 Å². The van der Waals surface area contributed by atoms with Crippen molar-refractivity contribution >= 4 is 17.1 Å². The molecule has 4 unspecified atom stereocenters. The van der Waals surface area contributed by atoms with Crippen LogP contribution in [0.4, 0.5) is 5.95 Å². The van der Waals surface area contributed by atoms with Gasteiger partial charge in [-0.1, -0.05) is 0 Å². The number of nitrogens with two attached hydrogens (primary N) is 1. The molecule has 0 spiro atoms. The molecule has 6 N–H and O–H groups in total. The van der Waals surface area contributed by atoms with Crippen molar-refractivity contribution in [1.82, 2.24) is 19.5 Å². The summed E-state index contributed by atoms with van der Waals surface area (Å²) in [5, 5.41) is 28.8. The van der Waals surface area contributed by atoms with Crippen LogP contribution in [-0.2, 0) is 4.74 Å². The van der Waals surface area contributed by atoms with Gasteiger partial charge in [-0.2, -0.15) is 4.98 Å². The van der Waals surface area contributed by atoms with E-state index in [-0.39, 0.29) is 30.3 Å². The van der Waals surface area contributed by atoms with Gasteiger partial charge < -0.3 is 25.8 Å². The van der Waals surface area contributed by atoms with Crippen LogP contribution in [0.2, 0.25) is 0 Å². The lowest BCUT2D eigenvalue weighted by Gasteiger charge is -2.17. The Morgan fingerprint density at radius 1 is 1.43 bits per heavy atom. The highest BCUT2D eigenvalue weighted by molar-refractivity contribution is 5.70. The molecule has 1 aliphatic heterocycles. The molecule has 0 aliphatic carbocycles. The highest BCUT2D eigenvalue weighted by Gasteiger charge is 2.44. The first-order valence-electron chi connectivity index (χ1n) is 6.34. The van der Waals surface area contributed by atoms with Gasteiger partial charge in [0.05, 0.1) is 25.6 Å². The molecule has 1 saturated heterocycles. The van der Waals surface area contributed by atoms with Crippen LogP contribution < -0.4 is 11.3 Å². The second-order valence-electron chi connectivity index (χ2n) is 4.86. The van der Waals surface area contributed by atoms with E-state index in [1.165, 1.54) is 10.9 Å². The Labute approximate surface area is 117 Å². The highest BCUT2D eigenvalue weighted by Crippen LogP contribution is 2.34. The number of H-pyrrole nitrogens is 1. The van der Waals surface area contributed by atoms with Crippen molar-refractivity contribution in [2.45, 2.75) is 18.4 Å². The van der Waals surface area contributed by atoms with Gasteiger partial charge in [-0.15, -0.1) is 0 Å². The number of rotatable bonds is 3. The van der Waals surface area contributed by atoms with E-state index in [2.05, 4.69) is 15.0 Å². The summed E-state index contributed by atoms with van der Waals surface area (Å²) in [5.74, 6) is -0.726. The van der Waals surface area contributed by atoms with Gasteiger partial charge in [-0.25, -0.2) is 4.98 Å². The van der Waals surface area contributed by atoms with E-state index in [1.54, 1.807) is 0 Å². The SMILES string of the molecule is Nc1nc2c(ncn2C2OC(CO)C(CO)C2O)c(=O)[nH]1. The van der Waals surface area contributed by atoms with Crippen LogP contribution in [0.3, 0.4) is 0 Å². The Bertz CT molecular complexity index is 713. The molecule has 1 fully saturated rings. The normalized spacial score (nSPS) is 29.3. The van der Waals surface area contributed by atoms with E-state index in [1.807, 2.05) is 0 Å². The van der Waals surface area contributed by atoms with Crippen molar-refractivity contribution in [3.63, 3.8) is 0 Å². The molecule has 0 amide bonds. The van der Waals surface area contributed by atoms with Crippen LogP contribution in [0.5, 0.6) is 0 Å². The summed E-state index contributed by atoms with van der Waals surface area (Å²) in [4.78, 5) is 21.9. The monoisotopic (exact) mass is 297 g/mol. The van der Waals surface area contributed by atoms with Crippen LogP contribution in [0.15, 0.2) is 11.1 Å². The number of aromatic nitrogens is 4. The molecule has 10 heteroatoms. The zero-order chi connectivity index (χ0) is 15.1. The molecule has 4 atom stereocenters. The number of imidazole rings is 1. The Kier molecular flexibility index (Phi) is 3.37. The average Bonchev–Trinajstić information content (AvgIpc) is 2.99. The summed E-state index contributed by atoms with van der Waals surface area (Å²) in [6.07, 6.45) is -1.41. The summed E-state index contributed by atoms with van der Waals surface area (Å²) in [5.41, 5.74) is 5.23. The highest BCUT2D eigenvalue weighted by atomic mass is 16.5. The van der Waals surface area contributed by atoms with E-state index < -0.39 is 29.9 Å². The Morgan fingerprint density at radius 2 is 2.19 bits per heavy atom. The van der Waals surface area contributed by atoms with E-state index >= 15 is 0 Å². The van der Waals surface area contributed by atoms with Gasteiger partial charge in [-0.05, 0) is 0 Å². The van der Waals surface area contributed by atoms with Crippen LogP contribution in [0, 0.1) is 5.92 Å². The second kappa shape index (κ2) is 5.07. The summed E-state index contributed by atoms with van der Waals surface area (Å²) in [6.45, 7) is -0.687. The molecule has 0 aromatic carbocycles. The summed E-state index contributed by atoms with van der Waals surface area (Å²) in [7, 11) is 0. The number of aliphatic hydroxyl groups is 3. The number of hydrogen-bond acceptors (Lipinski definition) is 8. The zero-order valence-electron chi connectivity index (χ0n) is 10.9. The first kappa shape index (κ1) is 13.9. The minimum absolute atomic E-state index is 0.0630. The maximum atomic E-state index is 11.7. The van der Waals surface area contributed by atoms with E-state index in [9.17, 15) is 20.1 Å². The lowest BCUT2D eigenvalue weighted by molar-refractivity contribution is -0.0496. The average molecular weight is 297 g/mol. The third kappa shape index (κ3) is 2.08. The zero-order valence-corrected chi connectivity index (χ0v) is 10.9.